The van der Waals surface area contributed by atoms with Crippen LogP contribution in [0.2, 0.25) is 0 Å². The molecule has 4 atom stereocenters. The molecule has 7 heteroatoms. The van der Waals surface area contributed by atoms with Crippen molar-refractivity contribution in [3.8, 4) is 0 Å². The molecule has 4 unspecified atom stereocenters. The predicted octanol–water partition coefficient (Wildman–Crippen LogP) is -1.26. The number of fused-ring (bicyclic) bond motifs is 1. The number of aromatic nitrogens is 4. The minimum absolute atomic E-state index is 0.141. The molecule has 0 aromatic carbocycles. The van der Waals surface area contributed by atoms with Crippen molar-refractivity contribution in [2.45, 2.75) is 24.6 Å². The minimum Gasteiger partial charge on any atom is -0.376 e. The van der Waals surface area contributed by atoms with Gasteiger partial charge < -0.3 is 15.8 Å². The zero-order chi connectivity index (χ0) is 10.4. The number of nitrogens with one attached hydrogen (secondary N) is 1. The molecule has 15 heavy (non-hydrogen) atoms. The fourth-order valence-corrected chi connectivity index (χ4v) is 2.43. The Kier molecular flexibility index (Phi) is 1.89. The van der Waals surface area contributed by atoms with Crippen LogP contribution in [0.5, 0.6) is 0 Å². The number of anilines is 1. The summed E-state index contributed by atoms with van der Waals surface area (Å²) in [6, 6.07) is 0.288. The first-order valence-electron chi connectivity index (χ1n) is 5.13. The topological polar surface area (TPSA) is 90.9 Å². The van der Waals surface area contributed by atoms with Gasteiger partial charge in [0.15, 0.2) is 0 Å². The summed E-state index contributed by atoms with van der Waals surface area (Å²) in [4.78, 5) is 0. The summed E-state index contributed by atoms with van der Waals surface area (Å²) in [5.41, 5.74) is 6.05. The Balaban J connectivity index is 1.72. The van der Waals surface area contributed by atoms with Crippen molar-refractivity contribution in [1.29, 1.82) is 0 Å². The fourth-order valence-electron chi connectivity index (χ4n) is 2.43. The molecule has 0 spiro atoms. The molecule has 1 aromatic heterocycles. The lowest BCUT2D eigenvalue weighted by molar-refractivity contribution is 0.00498. The summed E-state index contributed by atoms with van der Waals surface area (Å²) >= 11 is 0. The van der Waals surface area contributed by atoms with Crippen molar-refractivity contribution in [3.05, 3.63) is 0 Å². The summed E-state index contributed by atoms with van der Waals surface area (Å²) in [6.45, 7) is 0.818. The van der Waals surface area contributed by atoms with Gasteiger partial charge in [-0.15, -0.1) is 0 Å². The summed E-state index contributed by atoms with van der Waals surface area (Å²) in [7, 11) is 1.79. The maximum Gasteiger partial charge on any atom is 0.243 e. The SMILES string of the molecule is Cn1nnnc1NC1C(N)C2CCOC21. The summed E-state index contributed by atoms with van der Waals surface area (Å²) < 4.78 is 7.20. The number of aryl methyl sites for hydroxylation is 1. The molecule has 3 rings (SSSR count). The van der Waals surface area contributed by atoms with Crippen LogP contribution in [-0.2, 0) is 11.8 Å². The molecule has 2 heterocycles. The van der Waals surface area contributed by atoms with Crippen molar-refractivity contribution in [3.63, 3.8) is 0 Å². The van der Waals surface area contributed by atoms with Crippen molar-refractivity contribution in [1.82, 2.24) is 20.2 Å². The molecule has 1 aromatic rings. The number of tetrazole rings is 1. The van der Waals surface area contributed by atoms with E-state index in [-0.39, 0.29) is 18.2 Å². The van der Waals surface area contributed by atoms with Gasteiger partial charge in [0.2, 0.25) is 5.95 Å². The van der Waals surface area contributed by atoms with Crippen LogP contribution in [0.3, 0.4) is 0 Å². The Morgan fingerprint density at radius 3 is 3.20 bits per heavy atom. The highest BCUT2D eigenvalue weighted by atomic mass is 16.5. The molecule has 2 aliphatic rings. The molecule has 2 fully saturated rings. The van der Waals surface area contributed by atoms with Crippen LogP contribution >= 0.6 is 0 Å². The largest absolute Gasteiger partial charge is 0.376 e. The number of ether oxygens (including phenoxy) is 1. The van der Waals surface area contributed by atoms with Crippen LogP contribution in [0.4, 0.5) is 5.95 Å². The van der Waals surface area contributed by atoms with E-state index in [1.807, 2.05) is 0 Å². The molecular weight excluding hydrogens is 196 g/mol. The van der Waals surface area contributed by atoms with Crippen LogP contribution in [0.15, 0.2) is 0 Å². The van der Waals surface area contributed by atoms with Crippen molar-refractivity contribution in [2.24, 2.45) is 18.7 Å². The van der Waals surface area contributed by atoms with E-state index in [0.29, 0.717) is 11.9 Å². The molecule has 1 saturated heterocycles. The van der Waals surface area contributed by atoms with E-state index < -0.39 is 0 Å². The minimum atomic E-state index is 0.141. The molecule has 0 amide bonds. The lowest BCUT2D eigenvalue weighted by atomic mass is 9.72. The summed E-state index contributed by atoms with van der Waals surface area (Å²) in [5, 5.41) is 14.4. The maximum absolute atomic E-state index is 6.05. The highest BCUT2D eigenvalue weighted by molar-refractivity contribution is 5.30. The number of nitrogens with zero attached hydrogens (tertiary/aromatic N) is 4. The van der Waals surface area contributed by atoms with E-state index in [1.165, 1.54) is 0 Å². The smallest absolute Gasteiger partial charge is 0.243 e. The van der Waals surface area contributed by atoms with Crippen LogP contribution < -0.4 is 11.1 Å². The Morgan fingerprint density at radius 1 is 1.60 bits per heavy atom. The summed E-state index contributed by atoms with van der Waals surface area (Å²) in [5.74, 6) is 1.15. The third-order valence-corrected chi connectivity index (χ3v) is 3.36. The van der Waals surface area contributed by atoms with Crippen LogP contribution in [0.1, 0.15) is 6.42 Å². The van der Waals surface area contributed by atoms with Gasteiger partial charge in [0.05, 0.1) is 12.1 Å². The third kappa shape index (κ3) is 1.23. The quantitative estimate of drug-likeness (QED) is 0.633. The first-order valence-corrected chi connectivity index (χ1v) is 5.13. The predicted molar refractivity (Wildman–Crippen MR) is 52.0 cm³/mol. The average Bonchev–Trinajstić information content (AvgIpc) is 2.81. The Morgan fingerprint density at radius 2 is 2.47 bits per heavy atom. The monoisotopic (exact) mass is 210 g/mol. The van der Waals surface area contributed by atoms with Gasteiger partial charge in [0.25, 0.3) is 0 Å². The van der Waals surface area contributed by atoms with Crippen molar-refractivity contribution in [2.75, 3.05) is 11.9 Å². The Labute approximate surface area is 87.0 Å². The third-order valence-electron chi connectivity index (χ3n) is 3.36. The van der Waals surface area contributed by atoms with Crippen LogP contribution in [0, 0.1) is 5.92 Å². The van der Waals surface area contributed by atoms with Gasteiger partial charge in [-0.3, -0.25) is 0 Å². The molecule has 3 N–H and O–H groups in total. The van der Waals surface area contributed by atoms with E-state index >= 15 is 0 Å². The number of hydrogen-bond donors (Lipinski definition) is 2. The van der Waals surface area contributed by atoms with Gasteiger partial charge >= 0.3 is 0 Å². The van der Waals surface area contributed by atoms with E-state index in [2.05, 4.69) is 20.8 Å². The Hall–Kier alpha value is -1.21. The summed E-state index contributed by atoms with van der Waals surface area (Å²) in [6.07, 6.45) is 1.30. The molecule has 1 saturated carbocycles. The zero-order valence-corrected chi connectivity index (χ0v) is 8.50. The normalized spacial score (nSPS) is 38.5. The second kappa shape index (κ2) is 3.14. The average molecular weight is 210 g/mol. The standard InChI is InChI=1S/C8H14N6O/c1-14-8(11-12-13-14)10-6-5(9)4-2-3-15-7(4)6/h4-7H,2-3,9H2,1H3,(H,10,11,13). The first kappa shape index (κ1) is 9.05. The Bertz CT molecular complexity index is 366. The second-order valence-electron chi connectivity index (χ2n) is 4.16. The maximum atomic E-state index is 6.05. The lowest BCUT2D eigenvalue weighted by Crippen LogP contribution is -2.65. The highest BCUT2D eigenvalue weighted by Gasteiger charge is 2.52. The second-order valence-corrected chi connectivity index (χ2v) is 4.16. The van der Waals surface area contributed by atoms with E-state index in [9.17, 15) is 0 Å². The zero-order valence-electron chi connectivity index (χ0n) is 8.50. The van der Waals surface area contributed by atoms with Gasteiger partial charge in [0.1, 0.15) is 0 Å². The molecule has 1 aliphatic carbocycles. The molecule has 0 bridgehead atoms. The van der Waals surface area contributed by atoms with Gasteiger partial charge in [-0.05, 0) is 16.8 Å². The van der Waals surface area contributed by atoms with Crippen LogP contribution in [0.25, 0.3) is 0 Å². The molecular formula is C8H14N6O. The first-order chi connectivity index (χ1) is 7.27. The van der Waals surface area contributed by atoms with E-state index in [4.69, 9.17) is 10.5 Å². The fraction of sp³-hybridized carbons (Fsp3) is 0.875. The number of hydrogen-bond acceptors (Lipinski definition) is 6. The molecule has 0 radical (unpaired) electrons. The van der Waals surface area contributed by atoms with E-state index in [1.54, 1.807) is 11.7 Å². The lowest BCUT2D eigenvalue weighted by Gasteiger charge is -2.45. The highest BCUT2D eigenvalue weighted by Crippen LogP contribution is 2.38. The van der Waals surface area contributed by atoms with Gasteiger partial charge in [-0.2, -0.15) is 0 Å². The van der Waals surface area contributed by atoms with Crippen molar-refractivity contribution >= 4 is 5.95 Å². The van der Waals surface area contributed by atoms with E-state index in [0.717, 1.165) is 13.0 Å². The number of nitrogens with two attached hydrogens (primary N) is 1. The van der Waals surface area contributed by atoms with Crippen molar-refractivity contribution < 1.29 is 4.74 Å². The van der Waals surface area contributed by atoms with Gasteiger partial charge in [-0.25, -0.2) is 4.68 Å². The van der Waals surface area contributed by atoms with Crippen LogP contribution in [-0.4, -0.2) is 45.0 Å². The molecule has 7 nitrogen and oxygen atoms in total. The molecule has 1 aliphatic heterocycles. The van der Waals surface area contributed by atoms with Gasteiger partial charge in [-0.1, -0.05) is 5.10 Å². The number of rotatable bonds is 2. The molecule has 82 valence electrons. The van der Waals surface area contributed by atoms with Gasteiger partial charge in [0, 0.05) is 25.6 Å².